The summed E-state index contributed by atoms with van der Waals surface area (Å²) in [5.74, 6) is -0.960. The smallest absolute Gasteiger partial charge is 0.346 e. The number of aryl methyl sites for hydroxylation is 1. The number of esters is 1. The van der Waals surface area contributed by atoms with E-state index in [1.807, 2.05) is 19.1 Å². The molecule has 0 spiro atoms. The van der Waals surface area contributed by atoms with E-state index in [-0.39, 0.29) is 30.3 Å². The van der Waals surface area contributed by atoms with Crippen LogP contribution in [0.2, 0.25) is 0 Å². The summed E-state index contributed by atoms with van der Waals surface area (Å²) >= 11 is 0. The van der Waals surface area contributed by atoms with Gasteiger partial charge in [-0.05, 0) is 18.9 Å². The van der Waals surface area contributed by atoms with E-state index in [1.165, 1.54) is 13.0 Å². The SMILES string of the molecule is CCc1ccc(C(=O)C(C)OC(=O)c2cc3c(cc2[N+](=O)[O-])OCCO3)cc1. The zero-order chi connectivity index (χ0) is 20.3. The lowest BCUT2D eigenvalue weighted by Gasteiger charge is -2.19. The minimum atomic E-state index is -1.10. The van der Waals surface area contributed by atoms with Crippen LogP contribution < -0.4 is 9.47 Å². The van der Waals surface area contributed by atoms with Crippen LogP contribution in [0.3, 0.4) is 0 Å². The maximum Gasteiger partial charge on any atom is 0.346 e. The number of hydrogen-bond donors (Lipinski definition) is 0. The lowest BCUT2D eigenvalue weighted by Crippen LogP contribution is -2.25. The number of ether oxygens (including phenoxy) is 3. The standard InChI is InChI=1S/C20H19NO7/c1-3-13-4-6-14(7-5-13)19(22)12(2)28-20(23)15-10-17-18(27-9-8-26-17)11-16(15)21(24)25/h4-7,10-12H,3,8-9H2,1-2H3. The number of carbonyl (C=O) groups excluding carboxylic acids is 2. The van der Waals surface area contributed by atoms with E-state index in [1.54, 1.807) is 12.1 Å². The van der Waals surface area contributed by atoms with Gasteiger partial charge in [-0.1, -0.05) is 31.2 Å². The van der Waals surface area contributed by atoms with E-state index in [4.69, 9.17) is 14.2 Å². The van der Waals surface area contributed by atoms with Crippen molar-refractivity contribution in [1.82, 2.24) is 0 Å². The molecule has 28 heavy (non-hydrogen) atoms. The molecule has 146 valence electrons. The van der Waals surface area contributed by atoms with Crippen LogP contribution in [0.4, 0.5) is 5.69 Å². The Balaban J connectivity index is 1.81. The summed E-state index contributed by atoms with van der Waals surface area (Å²) < 4.78 is 15.9. The van der Waals surface area contributed by atoms with Gasteiger partial charge in [-0.3, -0.25) is 14.9 Å². The van der Waals surface area contributed by atoms with E-state index in [2.05, 4.69) is 0 Å². The van der Waals surface area contributed by atoms with E-state index < -0.39 is 28.5 Å². The van der Waals surface area contributed by atoms with Crippen molar-refractivity contribution in [2.24, 2.45) is 0 Å². The zero-order valence-corrected chi connectivity index (χ0v) is 15.5. The first-order valence-corrected chi connectivity index (χ1v) is 8.83. The predicted molar refractivity (Wildman–Crippen MR) is 99.1 cm³/mol. The van der Waals surface area contributed by atoms with Gasteiger partial charge in [-0.15, -0.1) is 0 Å². The molecule has 0 bridgehead atoms. The van der Waals surface area contributed by atoms with Gasteiger partial charge in [0.05, 0.1) is 11.0 Å². The average Bonchev–Trinajstić information content (AvgIpc) is 2.72. The Morgan fingerprint density at radius 3 is 2.32 bits per heavy atom. The molecule has 0 aromatic heterocycles. The first-order valence-electron chi connectivity index (χ1n) is 8.83. The Kier molecular flexibility index (Phi) is 5.58. The summed E-state index contributed by atoms with van der Waals surface area (Å²) in [5.41, 5.74) is 0.707. The highest BCUT2D eigenvalue weighted by Crippen LogP contribution is 2.37. The summed E-state index contributed by atoms with van der Waals surface area (Å²) in [5, 5.41) is 11.3. The average molecular weight is 385 g/mol. The van der Waals surface area contributed by atoms with Gasteiger partial charge in [0.25, 0.3) is 5.69 Å². The molecule has 1 aliphatic heterocycles. The quantitative estimate of drug-likeness (QED) is 0.325. The van der Waals surface area contributed by atoms with Crippen molar-refractivity contribution in [1.29, 1.82) is 0 Å². The number of nitrogens with zero attached hydrogens (tertiary/aromatic N) is 1. The van der Waals surface area contributed by atoms with Crippen molar-refractivity contribution in [3.8, 4) is 11.5 Å². The molecule has 0 fully saturated rings. The minimum Gasteiger partial charge on any atom is -0.486 e. The maximum absolute atomic E-state index is 12.5. The summed E-state index contributed by atoms with van der Waals surface area (Å²) in [6, 6.07) is 9.32. The van der Waals surface area contributed by atoms with Gasteiger partial charge in [-0.2, -0.15) is 0 Å². The normalized spacial score (nSPS) is 13.5. The fourth-order valence-electron chi connectivity index (χ4n) is 2.81. The third-order valence-corrected chi connectivity index (χ3v) is 4.38. The van der Waals surface area contributed by atoms with Gasteiger partial charge in [-0.25, -0.2) is 4.79 Å². The number of nitro groups is 1. The monoisotopic (exact) mass is 385 g/mol. The second-order valence-corrected chi connectivity index (χ2v) is 6.23. The predicted octanol–water partition coefficient (Wildman–Crippen LogP) is 3.36. The fourth-order valence-corrected chi connectivity index (χ4v) is 2.81. The lowest BCUT2D eigenvalue weighted by molar-refractivity contribution is -0.385. The number of benzene rings is 2. The highest BCUT2D eigenvalue weighted by Gasteiger charge is 2.29. The molecule has 0 aliphatic carbocycles. The molecule has 0 saturated carbocycles. The van der Waals surface area contributed by atoms with Gasteiger partial charge in [0.15, 0.2) is 17.6 Å². The summed E-state index contributed by atoms with van der Waals surface area (Å²) in [6.45, 7) is 3.96. The number of rotatable bonds is 6. The molecule has 8 heteroatoms. The summed E-state index contributed by atoms with van der Waals surface area (Å²) in [7, 11) is 0. The second-order valence-electron chi connectivity index (χ2n) is 6.23. The van der Waals surface area contributed by atoms with Crippen LogP contribution in [-0.2, 0) is 11.2 Å². The van der Waals surface area contributed by atoms with Crippen LogP contribution in [0, 0.1) is 10.1 Å². The largest absolute Gasteiger partial charge is 0.486 e. The van der Waals surface area contributed by atoms with Crippen molar-refractivity contribution < 1.29 is 28.7 Å². The molecule has 2 aromatic rings. The highest BCUT2D eigenvalue weighted by molar-refractivity contribution is 6.02. The Morgan fingerprint density at radius 1 is 1.14 bits per heavy atom. The van der Waals surface area contributed by atoms with E-state index in [9.17, 15) is 19.7 Å². The first-order chi connectivity index (χ1) is 13.4. The molecule has 1 atom stereocenters. The molecule has 1 unspecified atom stereocenters. The number of fused-ring (bicyclic) bond motifs is 1. The highest BCUT2D eigenvalue weighted by atomic mass is 16.6. The topological polar surface area (TPSA) is 105 Å². The van der Waals surface area contributed by atoms with Crippen LogP contribution in [0.5, 0.6) is 11.5 Å². The van der Waals surface area contributed by atoms with Gasteiger partial charge < -0.3 is 14.2 Å². The second kappa shape index (κ2) is 8.08. The molecule has 0 N–H and O–H groups in total. The van der Waals surface area contributed by atoms with Crippen LogP contribution >= 0.6 is 0 Å². The minimum absolute atomic E-state index is 0.189. The Morgan fingerprint density at radius 2 is 1.75 bits per heavy atom. The van der Waals surface area contributed by atoms with Crippen molar-refractivity contribution in [2.75, 3.05) is 13.2 Å². The third-order valence-electron chi connectivity index (χ3n) is 4.38. The number of hydrogen-bond acceptors (Lipinski definition) is 7. The van der Waals surface area contributed by atoms with E-state index in [0.717, 1.165) is 18.1 Å². The van der Waals surface area contributed by atoms with E-state index >= 15 is 0 Å². The lowest BCUT2D eigenvalue weighted by atomic mass is 10.0. The number of ketones is 1. The fraction of sp³-hybridized carbons (Fsp3) is 0.300. The van der Waals surface area contributed by atoms with Crippen LogP contribution in [0.15, 0.2) is 36.4 Å². The summed E-state index contributed by atoms with van der Waals surface area (Å²) in [4.78, 5) is 35.7. The van der Waals surface area contributed by atoms with Crippen molar-refractivity contribution in [3.05, 3.63) is 63.2 Å². The molecule has 3 rings (SSSR count). The zero-order valence-electron chi connectivity index (χ0n) is 15.5. The molecular weight excluding hydrogens is 366 g/mol. The van der Waals surface area contributed by atoms with Crippen LogP contribution in [-0.4, -0.2) is 36.0 Å². The van der Waals surface area contributed by atoms with Crippen molar-refractivity contribution in [2.45, 2.75) is 26.4 Å². The number of Topliss-reactive ketones (excluding diaryl/α,β-unsaturated/α-hetero) is 1. The molecule has 0 amide bonds. The van der Waals surface area contributed by atoms with Crippen molar-refractivity contribution in [3.63, 3.8) is 0 Å². The Labute approximate surface area is 161 Å². The molecule has 0 saturated heterocycles. The maximum atomic E-state index is 12.5. The number of carbonyl (C=O) groups is 2. The molecule has 1 heterocycles. The molecule has 1 aliphatic rings. The van der Waals surface area contributed by atoms with Gasteiger partial charge in [0, 0.05) is 11.6 Å². The van der Waals surface area contributed by atoms with Gasteiger partial charge in [0.1, 0.15) is 18.8 Å². The van der Waals surface area contributed by atoms with E-state index in [0.29, 0.717) is 5.56 Å². The Hall–Kier alpha value is -3.42. The number of nitro benzene ring substituents is 1. The third kappa shape index (κ3) is 3.95. The Bertz CT molecular complexity index is 921. The molecular formula is C20H19NO7. The molecule has 2 aromatic carbocycles. The van der Waals surface area contributed by atoms with Crippen molar-refractivity contribution >= 4 is 17.4 Å². The van der Waals surface area contributed by atoms with Gasteiger partial charge in [0.2, 0.25) is 5.78 Å². The van der Waals surface area contributed by atoms with Crippen LogP contribution in [0.1, 0.15) is 40.1 Å². The summed E-state index contributed by atoms with van der Waals surface area (Å²) in [6.07, 6.45) is -0.264. The van der Waals surface area contributed by atoms with Crippen LogP contribution in [0.25, 0.3) is 0 Å². The molecule has 8 nitrogen and oxygen atoms in total. The first kappa shape index (κ1) is 19.3. The van der Waals surface area contributed by atoms with Gasteiger partial charge >= 0.3 is 5.97 Å². The molecule has 0 radical (unpaired) electrons.